The van der Waals surface area contributed by atoms with Gasteiger partial charge in [0.2, 0.25) is 0 Å². The molecule has 2 heterocycles. The molecule has 3 aliphatic rings. The Hall–Kier alpha value is -0.0800. The zero-order valence-corrected chi connectivity index (χ0v) is 17.1. The van der Waals surface area contributed by atoms with Gasteiger partial charge in [-0.05, 0) is 75.2 Å². The van der Waals surface area contributed by atoms with Gasteiger partial charge in [0.15, 0.2) is 0 Å². The van der Waals surface area contributed by atoms with E-state index in [1.54, 1.807) is 0 Å². The van der Waals surface area contributed by atoms with Crippen molar-refractivity contribution in [3.8, 4) is 0 Å². The number of nitrogens with zero attached hydrogens (tertiary/aromatic N) is 1. The molecule has 0 N–H and O–H groups in total. The number of fused-ring (bicyclic) bond motifs is 2. The third-order valence-corrected chi connectivity index (χ3v) is 8.05. The summed E-state index contributed by atoms with van der Waals surface area (Å²) in [6, 6.07) is 0.651. The number of ether oxygens (including phenoxy) is 1. The third-order valence-electron chi connectivity index (χ3n) is 8.05. The van der Waals surface area contributed by atoms with Gasteiger partial charge in [0.05, 0.1) is 18.8 Å². The fourth-order valence-electron chi connectivity index (χ4n) is 6.33. The van der Waals surface area contributed by atoms with Crippen LogP contribution in [0.2, 0.25) is 0 Å². The maximum atomic E-state index is 5.83. The summed E-state index contributed by atoms with van der Waals surface area (Å²) >= 11 is 0. The minimum Gasteiger partial charge on any atom is -0.377 e. The Balaban J connectivity index is 1.89. The van der Waals surface area contributed by atoms with Crippen LogP contribution >= 0.6 is 0 Å². The van der Waals surface area contributed by atoms with Gasteiger partial charge in [0.25, 0.3) is 0 Å². The zero-order chi connectivity index (χ0) is 17.5. The first-order chi connectivity index (χ1) is 11.3. The van der Waals surface area contributed by atoms with Gasteiger partial charge in [-0.15, -0.1) is 0 Å². The van der Waals surface area contributed by atoms with Gasteiger partial charge in [-0.3, -0.25) is 4.90 Å². The summed E-state index contributed by atoms with van der Waals surface area (Å²) in [7, 11) is 0. The molecule has 3 rings (SSSR count). The molecule has 0 amide bonds. The van der Waals surface area contributed by atoms with E-state index in [4.69, 9.17) is 4.74 Å². The van der Waals surface area contributed by atoms with Crippen LogP contribution in [-0.2, 0) is 4.74 Å². The summed E-state index contributed by atoms with van der Waals surface area (Å²) in [6.07, 6.45) is 8.53. The predicted molar refractivity (Wildman–Crippen MR) is 102 cm³/mol. The second kappa shape index (κ2) is 6.91. The normalized spacial score (nSPS) is 40.8. The molecule has 0 radical (unpaired) electrons. The fraction of sp³-hybridized carbons (Fsp3) is 1.00. The summed E-state index contributed by atoms with van der Waals surface area (Å²) in [5.41, 5.74) is 0.876. The van der Waals surface area contributed by atoms with Gasteiger partial charge in [0.1, 0.15) is 0 Å². The standard InChI is InChI=1S/C22H41NO/c1-16(2)21(6)12-18(5)8-7-9-20-19(13-21)10-11-23(17(3)4)22(20)14-24-15-22/h16-20H,7-15H2,1-6H3. The van der Waals surface area contributed by atoms with Crippen molar-refractivity contribution in [3.63, 3.8) is 0 Å². The summed E-state index contributed by atoms with van der Waals surface area (Å²) < 4.78 is 5.83. The Morgan fingerprint density at radius 1 is 1.00 bits per heavy atom. The zero-order valence-electron chi connectivity index (χ0n) is 17.1. The van der Waals surface area contributed by atoms with E-state index in [9.17, 15) is 0 Å². The van der Waals surface area contributed by atoms with Crippen LogP contribution in [0.3, 0.4) is 0 Å². The topological polar surface area (TPSA) is 12.5 Å². The van der Waals surface area contributed by atoms with Gasteiger partial charge in [-0.2, -0.15) is 0 Å². The maximum absolute atomic E-state index is 5.83. The molecule has 2 nitrogen and oxygen atoms in total. The molecule has 0 aromatic rings. The summed E-state index contributed by atoms with van der Waals surface area (Å²) in [6.45, 7) is 18.0. The molecule has 24 heavy (non-hydrogen) atoms. The van der Waals surface area contributed by atoms with E-state index >= 15 is 0 Å². The van der Waals surface area contributed by atoms with Crippen molar-refractivity contribution in [1.29, 1.82) is 0 Å². The Labute approximate surface area is 150 Å². The molecule has 1 saturated carbocycles. The number of hydrogen-bond donors (Lipinski definition) is 0. The van der Waals surface area contributed by atoms with Crippen LogP contribution in [0.25, 0.3) is 0 Å². The highest BCUT2D eigenvalue weighted by Crippen LogP contribution is 2.52. The van der Waals surface area contributed by atoms with Crippen LogP contribution < -0.4 is 0 Å². The summed E-state index contributed by atoms with van der Waals surface area (Å²) in [4.78, 5) is 2.81. The monoisotopic (exact) mass is 335 g/mol. The van der Waals surface area contributed by atoms with Crippen LogP contribution in [0, 0.1) is 29.1 Å². The van der Waals surface area contributed by atoms with E-state index in [-0.39, 0.29) is 0 Å². The third kappa shape index (κ3) is 3.18. The number of rotatable bonds is 2. The van der Waals surface area contributed by atoms with E-state index in [2.05, 4.69) is 46.4 Å². The van der Waals surface area contributed by atoms with Crippen molar-refractivity contribution in [1.82, 2.24) is 4.90 Å². The Morgan fingerprint density at radius 3 is 2.25 bits per heavy atom. The molecule has 4 unspecified atom stereocenters. The quantitative estimate of drug-likeness (QED) is 0.673. The van der Waals surface area contributed by atoms with Crippen molar-refractivity contribution in [3.05, 3.63) is 0 Å². The predicted octanol–water partition coefficient (Wildman–Crippen LogP) is 5.36. The molecule has 140 valence electrons. The molecule has 2 heteroatoms. The molecule has 4 atom stereocenters. The van der Waals surface area contributed by atoms with Crippen LogP contribution in [0.5, 0.6) is 0 Å². The molecule has 3 fully saturated rings. The molecule has 0 bridgehead atoms. The summed E-state index contributed by atoms with van der Waals surface area (Å²) in [5, 5.41) is 0. The second-order valence-corrected chi connectivity index (χ2v) is 10.3. The number of piperidine rings is 1. The molecule has 0 aromatic heterocycles. The lowest BCUT2D eigenvalue weighted by molar-refractivity contribution is -0.210. The Bertz CT molecular complexity index is 428. The molecule has 1 aliphatic carbocycles. The molecule has 1 spiro atoms. The minimum atomic E-state index is 0.364. The van der Waals surface area contributed by atoms with Crippen LogP contribution in [0.15, 0.2) is 0 Å². The fourth-order valence-corrected chi connectivity index (χ4v) is 6.33. The molecule has 0 aromatic carbocycles. The second-order valence-electron chi connectivity index (χ2n) is 10.3. The molecular formula is C22H41NO. The van der Waals surface area contributed by atoms with Gasteiger partial charge in [-0.1, -0.05) is 40.5 Å². The van der Waals surface area contributed by atoms with Gasteiger partial charge in [-0.25, -0.2) is 0 Å². The van der Waals surface area contributed by atoms with E-state index in [0.29, 0.717) is 17.0 Å². The Morgan fingerprint density at radius 2 is 1.71 bits per heavy atom. The van der Waals surface area contributed by atoms with Crippen LogP contribution in [0.1, 0.15) is 80.1 Å². The lowest BCUT2D eigenvalue weighted by Crippen LogP contribution is -2.71. The lowest BCUT2D eigenvalue weighted by atomic mass is 9.60. The average molecular weight is 336 g/mol. The summed E-state index contributed by atoms with van der Waals surface area (Å²) in [5.74, 6) is 3.43. The van der Waals surface area contributed by atoms with E-state index in [1.165, 1.54) is 45.1 Å². The van der Waals surface area contributed by atoms with Gasteiger partial charge < -0.3 is 4.74 Å². The average Bonchev–Trinajstić information content (AvgIpc) is 2.51. The van der Waals surface area contributed by atoms with Crippen molar-refractivity contribution in [2.75, 3.05) is 19.8 Å². The lowest BCUT2D eigenvalue weighted by Gasteiger charge is -2.61. The van der Waals surface area contributed by atoms with Gasteiger partial charge >= 0.3 is 0 Å². The Kier molecular flexibility index (Phi) is 5.39. The first-order valence-electron chi connectivity index (χ1n) is 10.6. The molecule has 2 saturated heterocycles. The van der Waals surface area contributed by atoms with E-state index in [1.807, 2.05) is 0 Å². The smallest absolute Gasteiger partial charge is 0.0711 e. The first-order valence-corrected chi connectivity index (χ1v) is 10.6. The van der Waals surface area contributed by atoms with Crippen molar-refractivity contribution < 1.29 is 4.74 Å². The molecule has 2 aliphatic heterocycles. The highest BCUT2D eigenvalue weighted by Gasteiger charge is 2.56. The highest BCUT2D eigenvalue weighted by atomic mass is 16.5. The van der Waals surface area contributed by atoms with Crippen molar-refractivity contribution in [2.45, 2.75) is 91.6 Å². The van der Waals surface area contributed by atoms with Crippen molar-refractivity contribution >= 4 is 0 Å². The molecular weight excluding hydrogens is 294 g/mol. The minimum absolute atomic E-state index is 0.364. The van der Waals surface area contributed by atoms with Crippen molar-refractivity contribution in [2.24, 2.45) is 29.1 Å². The number of hydrogen-bond acceptors (Lipinski definition) is 2. The van der Waals surface area contributed by atoms with E-state index in [0.717, 1.165) is 36.9 Å². The number of likely N-dealkylation sites (tertiary alicyclic amines) is 1. The van der Waals surface area contributed by atoms with E-state index < -0.39 is 0 Å². The van der Waals surface area contributed by atoms with Crippen LogP contribution in [-0.4, -0.2) is 36.2 Å². The maximum Gasteiger partial charge on any atom is 0.0711 e. The van der Waals surface area contributed by atoms with Gasteiger partial charge in [0, 0.05) is 6.04 Å². The largest absolute Gasteiger partial charge is 0.377 e. The SMILES string of the molecule is CC1CCCC2C(CCN(C(C)C)C23COC3)CC(C)(C(C)C)C1. The highest BCUT2D eigenvalue weighted by molar-refractivity contribution is 5.08. The van der Waals surface area contributed by atoms with Crippen LogP contribution in [0.4, 0.5) is 0 Å². The first kappa shape index (κ1) is 18.7.